The molecule has 0 unspecified atom stereocenters. The molecule has 0 atom stereocenters. The highest BCUT2D eigenvalue weighted by Crippen LogP contribution is 2.17. The van der Waals surface area contributed by atoms with Gasteiger partial charge in [0.05, 0.1) is 6.61 Å². The fraction of sp³-hybridized carbons (Fsp3) is 0.455. The van der Waals surface area contributed by atoms with Crippen LogP contribution in [0, 0.1) is 12.7 Å². The minimum atomic E-state index is -0.294. The number of aryl methyl sites for hydroxylation is 1. The van der Waals surface area contributed by atoms with Gasteiger partial charge >= 0.3 is 0 Å². The molecule has 0 saturated carbocycles. The zero-order chi connectivity index (χ0) is 10.3. The lowest BCUT2D eigenvalue weighted by atomic mass is 10.2. The Morgan fingerprint density at radius 1 is 1.31 bits per heavy atom. The van der Waals surface area contributed by atoms with Crippen LogP contribution in [-0.4, -0.2) is 6.61 Å². The molecule has 0 fully saturated rings. The van der Waals surface area contributed by atoms with Gasteiger partial charge in [-0.25, -0.2) is 4.39 Å². The summed E-state index contributed by atoms with van der Waals surface area (Å²) in [6.07, 6.45) is 0. The molecule has 0 aliphatic carbocycles. The summed E-state index contributed by atoms with van der Waals surface area (Å²) >= 11 is 0. The van der Waals surface area contributed by atoms with Crippen molar-refractivity contribution in [3.05, 3.63) is 29.6 Å². The standard InChI is InChI=1S/C9H11FO.C2H6/c1-3-11-9-6-7(2)4-5-8(9)10;1-2/h4-6H,3H2,1-2H3;1-2H3. The molecule has 0 aromatic heterocycles. The molecular weight excluding hydrogens is 167 g/mol. The van der Waals surface area contributed by atoms with E-state index >= 15 is 0 Å². The molecule has 0 amide bonds. The van der Waals surface area contributed by atoms with Crippen molar-refractivity contribution in [2.45, 2.75) is 27.7 Å². The lowest BCUT2D eigenvalue weighted by molar-refractivity contribution is 0.321. The van der Waals surface area contributed by atoms with E-state index in [1.54, 1.807) is 12.1 Å². The van der Waals surface area contributed by atoms with E-state index in [9.17, 15) is 4.39 Å². The number of benzene rings is 1. The van der Waals surface area contributed by atoms with Crippen LogP contribution in [0.4, 0.5) is 4.39 Å². The second-order valence-electron chi connectivity index (χ2n) is 2.37. The Morgan fingerprint density at radius 2 is 1.92 bits per heavy atom. The van der Waals surface area contributed by atoms with Crippen molar-refractivity contribution in [2.24, 2.45) is 0 Å². The van der Waals surface area contributed by atoms with Crippen molar-refractivity contribution in [2.75, 3.05) is 6.61 Å². The molecule has 0 N–H and O–H groups in total. The first-order chi connectivity index (χ1) is 6.24. The van der Waals surface area contributed by atoms with Gasteiger partial charge in [-0.05, 0) is 31.5 Å². The van der Waals surface area contributed by atoms with E-state index in [4.69, 9.17) is 4.74 Å². The molecule has 1 rings (SSSR count). The molecular formula is C11H17FO. The summed E-state index contributed by atoms with van der Waals surface area (Å²) in [7, 11) is 0. The summed E-state index contributed by atoms with van der Waals surface area (Å²) in [5.74, 6) is 0.0463. The van der Waals surface area contributed by atoms with E-state index < -0.39 is 0 Å². The number of ether oxygens (including phenoxy) is 1. The van der Waals surface area contributed by atoms with Crippen molar-refractivity contribution in [3.63, 3.8) is 0 Å². The van der Waals surface area contributed by atoms with Crippen molar-refractivity contribution in [1.82, 2.24) is 0 Å². The van der Waals surface area contributed by atoms with Crippen LogP contribution in [0.1, 0.15) is 26.3 Å². The van der Waals surface area contributed by atoms with Crippen molar-refractivity contribution in [1.29, 1.82) is 0 Å². The highest BCUT2D eigenvalue weighted by atomic mass is 19.1. The topological polar surface area (TPSA) is 9.23 Å². The van der Waals surface area contributed by atoms with E-state index in [1.165, 1.54) is 6.07 Å². The molecule has 0 spiro atoms. The van der Waals surface area contributed by atoms with Gasteiger partial charge in [0.2, 0.25) is 0 Å². The SMILES string of the molecule is CC.CCOc1cc(C)ccc1F. The van der Waals surface area contributed by atoms with Crippen LogP contribution in [0.3, 0.4) is 0 Å². The van der Waals surface area contributed by atoms with E-state index in [1.807, 2.05) is 27.7 Å². The Balaban J connectivity index is 0.000000671. The van der Waals surface area contributed by atoms with Crippen molar-refractivity contribution >= 4 is 0 Å². The molecule has 1 aromatic carbocycles. The van der Waals surface area contributed by atoms with Gasteiger partial charge in [0.15, 0.2) is 11.6 Å². The summed E-state index contributed by atoms with van der Waals surface area (Å²) in [6, 6.07) is 4.83. The highest BCUT2D eigenvalue weighted by molar-refractivity contribution is 5.29. The van der Waals surface area contributed by atoms with Gasteiger partial charge in [-0.3, -0.25) is 0 Å². The van der Waals surface area contributed by atoms with Crippen LogP contribution >= 0.6 is 0 Å². The van der Waals surface area contributed by atoms with Crippen LogP contribution in [0.5, 0.6) is 5.75 Å². The average molecular weight is 184 g/mol. The summed E-state index contributed by atoms with van der Waals surface area (Å²) in [5, 5.41) is 0. The first-order valence-electron chi connectivity index (χ1n) is 4.63. The Labute approximate surface area is 79.5 Å². The summed E-state index contributed by atoms with van der Waals surface area (Å²) in [5.41, 5.74) is 1.01. The molecule has 0 saturated heterocycles. The van der Waals surface area contributed by atoms with Gasteiger partial charge in [-0.1, -0.05) is 19.9 Å². The van der Waals surface area contributed by atoms with E-state index in [0.717, 1.165) is 5.56 Å². The predicted octanol–water partition coefficient (Wildman–Crippen LogP) is 3.56. The molecule has 13 heavy (non-hydrogen) atoms. The summed E-state index contributed by atoms with van der Waals surface area (Å²) < 4.78 is 17.9. The molecule has 0 bridgehead atoms. The molecule has 74 valence electrons. The molecule has 0 radical (unpaired) electrons. The molecule has 2 heteroatoms. The predicted molar refractivity (Wildman–Crippen MR) is 53.7 cm³/mol. The van der Waals surface area contributed by atoms with Crippen LogP contribution in [0.2, 0.25) is 0 Å². The zero-order valence-electron chi connectivity index (χ0n) is 8.73. The molecule has 0 aliphatic heterocycles. The molecule has 1 nitrogen and oxygen atoms in total. The van der Waals surface area contributed by atoms with Gasteiger partial charge in [0.1, 0.15) is 0 Å². The van der Waals surface area contributed by atoms with Gasteiger partial charge in [0.25, 0.3) is 0 Å². The Morgan fingerprint density at radius 3 is 2.46 bits per heavy atom. The normalized spacial score (nSPS) is 8.69. The van der Waals surface area contributed by atoms with Crippen molar-refractivity contribution in [3.8, 4) is 5.75 Å². The first kappa shape index (κ1) is 11.9. The fourth-order valence-electron chi connectivity index (χ4n) is 0.877. The lowest BCUT2D eigenvalue weighted by Crippen LogP contribution is -1.94. The largest absolute Gasteiger partial charge is 0.491 e. The molecule has 0 heterocycles. The summed E-state index contributed by atoms with van der Waals surface area (Å²) in [6.45, 7) is 8.24. The van der Waals surface area contributed by atoms with Gasteiger partial charge in [0, 0.05) is 0 Å². The van der Waals surface area contributed by atoms with Crippen molar-refractivity contribution < 1.29 is 9.13 Å². The second kappa shape index (κ2) is 6.46. The second-order valence-corrected chi connectivity index (χ2v) is 2.37. The Kier molecular flexibility index (Phi) is 5.94. The monoisotopic (exact) mass is 184 g/mol. The third-order valence-electron chi connectivity index (χ3n) is 1.39. The molecule has 0 aliphatic rings. The lowest BCUT2D eigenvalue weighted by Gasteiger charge is -2.04. The minimum absolute atomic E-state index is 0.294. The van der Waals surface area contributed by atoms with E-state index in [-0.39, 0.29) is 5.82 Å². The quantitative estimate of drug-likeness (QED) is 0.682. The number of rotatable bonds is 2. The zero-order valence-corrected chi connectivity index (χ0v) is 8.73. The molecule has 1 aromatic rings. The van der Waals surface area contributed by atoms with Crippen LogP contribution < -0.4 is 4.74 Å². The fourth-order valence-corrected chi connectivity index (χ4v) is 0.877. The van der Waals surface area contributed by atoms with Crippen LogP contribution in [0.25, 0.3) is 0 Å². The van der Waals surface area contributed by atoms with Crippen LogP contribution in [0.15, 0.2) is 18.2 Å². The van der Waals surface area contributed by atoms with Gasteiger partial charge in [-0.15, -0.1) is 0 Å². The highest BCUT2D eigenvalue weighted by Gasteiger charge is 2.00. The smallest absolute Gasteiger partial charge is 0.165 e. The maximum atomic E-state index is 12.8. The van der Waals surface area contributed by atoms with Crippen LogP contribution in [-0.2, 0) is 0 Å². The third-order valence-corrected chi connectivity index (χ3v) is 1.39. The van der Waals surface area contributed by atoms with E-state index in [0.29, 0.717) is 12.4 Å². The average Bonchev–Trinajstić information content (AvgIpc) is 2.15. The maximum absolute atomic E-state index is 12.8. The maximum Gasteiger partial charge on any atom is 0.165 e. The van der Waals surface area contributed by atoms with Gasteiger partial charge < -0.3 is 4.74 Å². The Bertz CT molecular complexity index is 246. The summed E-state index contributed by atoms with van der Waals surface area (Å²) in [4.78, 5) is 0. The minimum Gasteiger partial charge on any atom is -0.491 e. The number of hydrogen-bond donors (Lipinski definition) is 0. The first-order valence-corrected chi connectivity index (χ1v) is 4.63. The Hall–Kier alpha value is -1.05. The van der Waals surface area contributed by atoms with E-state index in [2.05, 4.69) is 0 Å². The number of halogens is 1. The third kappa shape index (κ3) is 3.92. The number of hydrogen-bond acceptors (Lipinski definition) is 1. The van der Waals surface area contributed by atoms with Gasteiger partial charge in [-0.2, -0.15) is 0 Å².